The van der Waals surface area contributed by atoms with E-state index in [-0.39, 0.29) is 37.8 Å². The molecule has 16 heteroatoms. The minimum Gasteiger partial charge on any atom is -0.368 e. The van der Waals surface area contributed by atoms with Gasteiger partial charge < -0.3 is 37.7 Å². The number of rotatable bonds is 20. The maximum absolute atomic E-state index is 14.2. The third-order valence-corrected chi connectivity index (χ3v) is 9.17. The van der Waals surface area contributed by atoms with E-state index in [2.05, 4.69) is 31.4 Å². The number of H-pyrrole nitrogens is 1. The molecule has 0 saturated carbocycles. The normalized spacial score (nSPS) is 13.6. The van der Waals surface area contributed by atoms with Crippen LogP contribution < -0.4 is 32.7 Å². The molecule has 3 aromatic carbocycles. The highest BCUT2D eigenvalue weighted by Crippen LogP contribution is 2.21. The molecule has 15 nitrogen and oxygen atoms in total. The number of nitrogens with two attached hydrogens (primary N) is 2. The Morgan fingerprint density at radius 3 is 2.17 bits per heavy atom. The van der Waals surface area contributed by atoms with Gasteiger partial charge in [0.25, 0.3) is 5.96 Å². The number of hydrazone groups is 1. The number of hydrogen-bond donors (Lipinski definition) is 7. The standard InChI is InChI=1S/C38H46ClN9O6/c1-24(49)44-30(21-26-13-16-29(39)17-14-26)18-15-27(20-25-8-3-2-4-9-25)36(51)45-33(12-7-19-42-38(41)47-48(53)54)37(52)46-34(35(40)50)22-28-23-43-32-11-6-5-10-31(28)32/h2-6,8-11,13-14,16-17,23,27,30,33-34,43H,7,12,15,18-22H2,1H3,(H2,40,50)(H,44,49)(H,45,51)(H,46,52)(H3,41,42,47)/t27-,30-,33+,34+/m1/s1. The molecular formula is C38H46ClN9O6. The summed E-state index contributed by atoms with van der Waals surface area (Å²) in [4.78, 5) is 66.7. The summed E-state index contributed by atoms with van der Waals surface area (Å²) in [5, 5.41) is 25.5. The summed E-state index contributed by atoms with van der Waals surface area (Å²) in [6.07, 6.45) is 3.88. The molecule has 0 fully saturated rings. The Kier molecular flexibility index (Phi) is 15.4. The van der Waals surface area contributed by atoms with Gasteiger partial charge in [0.05, 0.1) is 0 Å². The van der Waals surface area contributed by atoms with E-state index in [1.165, 1.54) is 6.92 Å². The van der Waals surface area contributed by atoms with Gasteiger partial charge in [0.2, 0.25) is 23.6 Å². The minimum absolute atomic E-state index is 0.0814. The molecule has 1 heterocycles. The van der Waals surface area contributed by atoms with Crippen molar-refractivity contribution in [2.75, 3.05) is 6.54 Å². The van der Waals surface area contributed by atoms with Gasteiger partial charge in [-0.2, -0.15) is 0 Å². The molecule has 9 N–H and O–H groups in total. The Morgan fingerprint density at radius 1 is 0.815 bits per heavy atom. The molecule has 0 spiro atoms. The van der Waals surface area contributed by atoms with Crippen molar-refractivity contribution in [2.24, 2.45) is 22.5 Å². The van der Waals surface area contributed by atoms with Crippen LogP contribution in [0.5, 0.6) is 0 Å². The summed E-state index contributed by atoms with van der Waals surface area (Å²) in [6, 6.07) is 21.8. The topological polar surface area (TPSA) is 240 Å². The van der Waals surface area contributed by atoms with Crippen molar-refractivity contribution in [3.63, 3.8) is 0 Å². The van der Waals surface area contributed by atoms with E-state index in [9.17, 15) is 29.3 Å². The van der Waals surface area contributed by atoms with Crippen LogP contribution >= 0.6 is 11.6 Å². The maximum Gasteiger partial charge on any atom is 0.266 e. The highest BCUT2D eigenvalue weighted by molar-refractivity contribution is 6.30. The molecule has 4 atom stereocenters. The lowest BCUT2D eigenvalue weighted by molar-refractivity contribution is -0.485. The van der Waals surface area contributed by atoms with Crippen LogP contribution in [-0.4, -0.2) is 64.3 Å². The molecule has 0 saturated heterocycles. The number of benzene rings is 3. The number of carbonyl (C=O) groups is 4. The number of nitrogens with zero attached hydrogens (tertiary/aromatic N) is 2. The fourth-order valence-electron chi connectivity index (χ4n) is 6.26. The first kappa shape index (κ1) is 40.8. The van der Waals surface area contributed by atoms with Crippen LogP contribution in [0.1, 0.15) is 49.3 Å². The lowest BCUT2D eigenvalue weighted by atomic mass is 9.90. The molecule has 0 radical (unpaired) electrons. The van der Waals surface area contributed by atoms with E-state index in [1.807, 2.05) is 66.7 Å². The smallest absolute Gasteiger partial charge is 0.266 e. The molecule has 54 heavy (non-hydrogen) atoms. The maximum atomic E-state index is 14.2. The van der Waals surface area contributed by atoms with Crippen molar-refractivity contribution in [1.29, 1.82) is 0 Å². The zero-order valence-corrected chi connectivity index (χ0v) is 30.7. The summed E-state index contributed by atoms with van der Waals surface area (Å²) in [5.74, 6) is -3.01. The largest absolute Gasteiger partial charge is 0.368 e. The number of hydrogen-bond acceptors (Lipinski definition) is 6. The summed E-state index contributed by atoms with van der Waals surface area (Å²) in [6.45, 7) is 1.55. The van der Waals surface area contributed by atoms with Crippen molar-refractivity contribution in [1.82, 2.24) is 26.3 Å². The second-order valence-corrected chi connectivity index (χ2v) is 13.5. The van der Waals surface area contributed by atoms with E-state index >= 15 is 0 Å². The van der Waals surface area contributed by atoms with E-state index in [0.717, 1.165) is 27.6 Å². The number of nitrogens with one attached hydrogen (secondary N) is 5. The average Bonchev–Trinajstić information content (AvgIpc) is 3.54. The van der Waals surface area contributed by atoms with Gasteiger partial charge in [0.15, 0.2) is 5.03 Å². The molecule has 0 bridgehead atoms. The Labute approximate surface area is 317 Å². The lowest BCUT2D eigenvalue weighted by Crippen LogP contribution is -2.54. The number of aromatic nitrogens is 1. The van der Waals surface area contributed by atoms with Crippen LogP contribution in [0.25, 0.3) is 10.9 Å². The van der Waals surface area contributed by atoms with Gasteiger partial charge in [-0.1, -0.05) is 72.3 Å². The summed E-state index contributed by atoms with van der Waals surface area (Å²) >= 11 is 6.07. The number of nitro groups is 1. The molecule has 4 rings (SSSR count). The first-order valence-electron chi connectivity index (χ1n) is 17.6. The molecule has 286 valence electrons. The number of guanidine groups is 1. The molecule has 4 amide bonds. The molecule has 0 aliphatic rings. The van der Waals surface area contributed by atoms with Crippen molar-refractivity contribution < 1.29 is 24.2 Å². The summed E-state index contributed by atoms with van der Waals surface area (Å²) in [7, 11) is 0. The highest BCUT2D eigenvalue weighted by atomic mass is 35.5. The van der Waals surface area contributed by atoms with Gasteiger partial charge in [-0.3, -0.25) is 19.2 Å². The Bertz CT molecular complexity index is 1920. The first-order valence-corrected chi connectivity index (χ1v) is 18.0. The van der Waals surface area contributed by atoms with Crippen LogP contribution in [-0.2, 0) is 38.4 Å². The SMILES string of the molecule is CC(=O)N[C@H](CC[C@H](Cc1ccccc1)C(=O)N[C@@H](CCCN/C(N)=N/[N+](=O)[O-])C(=O)N[C@@H](Cc1c[nH]c2ccccc12)C(N)=O)Cc1ccc(Cl)cc1. The number of para-hydroxylation sites is 1. The van der Waals surface area contributed by atoms with Gasteiger partial charge in [0.1, 0.15) is 17.2 Å². The summed E-state index contributed by atoms with van der Waals surface area (Å²) < 4.78 is 0. The van der Waals surface area contributed by atoms with E-state index < -0.39 is 46.7 Å². The number of primary amides is 1. The molecular weight excluding hydrogens is 714 g/mol. The molecule has 0 aliphatic heterocycles. The van der Waals surface area contributed by atoms with Crippen LogP contribution in [0.15, 0.2) is 90.2 Å². The van der Waals surface area contributed by atoms with Crippen LogP contribution in [0.4, 0.5) is 0 Å². The molecule has 0 unspecified atom stereocenters. The number of halogens is 1. The average molecular weight is 760 g/mol. The number of fused-ring (bicyclic) bond motifs is 1. The second kappa shape index (κ2) is 20.3. The van der Waals surface area contributed by atoms with E-state index in [4.69, 9.17) is 23.1 Å². The van der Waals surface area contributed by atoms with Crippen molar-refractivity contribution in [3.8, 4) is 0 Å². The zero-order chi connectivity index (χ0) is 39.0. The van der Waals surface area contributed by atoms with Crippen LogP contribution in [0, 0.1) is 16.0 Å². The first-order chi connectivity index (χ1) is 25.9. The fraction of sp³-hybridized carbons (Fsp3) is 0.342. The predicted molar refractivity (Wildman–Crippen MR) is 207 cm³/mol. The van der Waals surface area contributed by atoms with Gasteiger partial charge >= 0.3 is 0 Å². The van der Waals surface area contributed by atoms with Crippen molar-refractivity contribution in [3.05, 3.63) is 117 Å². The van der Waals surface area contributed by atoms with E-state index in [0.29, 0.717) is 30.7 Å². The van der Waals surface area contributed by atoms with Crippen molar-refractivity contribution in [2.45, 2.75) is 70.0 Å². The molecule has 4 aromatic rings. The lowest BCUT2D eigenvalue weighted by Gasteiger charge is -2.26. The number of aromatic amines is 1. The Balaban J connectivity index is 1.54. The molecule has 1 aromatic heterocycles. The summed E-state index contributed by atoms with van der Waals surface area (Å²) in [5.41, 5.74) is 14.8. The zero-order valence-electron chi connectivity index (χ0n) is 29.9. The van der Waals surface area contributed by atoms with Gasteiger partial charge in [-0.05, 0) is 73.4 Å². The second-order valence-electron chi connectivity index (χ2n) is 13.1. The number of amides is 4. The Morgan fingerprint density at radius 2 is 1.48 bits per heavy atom. The van der Waals surface area contributed by atoms with Gasteiger partial charge in [0, 0.05) is 54.0 Å². The van der Waals surface area contributed by atoms with Gasteiger partial charge in [-0.15, -0.1) is 0 Å². The Hall–Kier alpha value is -5.96. The van der Waals surface area contributed by atoms with Crippen LogP contribution in [0.2, 0.25) is 5.02 Å². The fourth-order valence-corrected chi connectivity index (χ4v) is 6.39. The van der Waals surface area contributed by atoms with Crippen molar-refractivity contribution >= 4 is 52.1 Å². The van der Waals surface area contributed by atoms with E-state index in [1.54, 1.807) is 18.3 Å². The minimum atomic E-state index is -1.11. The van der Waals surface area contributed by atoms with Crippen LogP contribution in [0.3, 0.4) is 0 Å². The predicted octanol–water partition coefficient (Wildman–Crippen LogP) is 3.08. The van der Waals surface area contributed by atoms with Gasteiger partial charge in [-0.25, -0.2) is 10.1 Å². The molecule has 0 aliphatic carbocycles. The third kappa shape index (κ3) is 13.2. The monoisotopic (exact) mass is 759 g/mol. The highest BCUT2D eigenvalue weighted by Gasteiger charge is 2.29. The quantitative estimate of drug-likeness (QED) is 0.0232. The number of carbonyl (C=O) groups excluding carboxylic acids is 4. The third-order valence-electron chi connectivity index (χ3n) is 8.92.